The second kappa shape index (κ2) is 59.7. The first-order valence-corrected chi connectivity index (χ1v) is 33.5. The topological polar surface area (TPSA) is 537 Å². The van der Waals surface area contributed by atoms with Gasteiger partial charge in [-0.05, 0) is 210 Å². The summed E-state index contributed by atoms with van der Waals surface area (Å²) in [5.41, 5.74) is 7.81. The first kappa shape index (κ1) is 113. The molecule has 16 N–H and O–H groups in total. The van der Waals surface area contributed by atoms with Gasteiger partial charge in [-0.1, -0.05) is 48.5 Å². The van der Waals surface area contributed by atoms with Gasteiger partial charge in [-0.2, -0.15) is 55.3 Å². The average molecular weight is 1930 g/mol. The number of esters is 1. The molecule has 0 fully saturated rings. The fourth-order valence-corrected chi connectivity index (χ4v) is 9.03. The molecular formula is C73H64B2Br3F11K2N10O19. The molecule has 0 saturated carbocycles. The Kier molecular flexibility index (Phi) is 56.2. The smallest absolute Gasteiger partial charge is 1.00 e. The predicted octanol–water partition coefficient (Wildman–Crippen LogP) is 3.77. The number of benzene rings is 6. The molecule has 47 heteroatoms. The number of nitriles is 3. The minimum atomic E-state index is -4.63. The summed E-state index contributed by atoms with van der Waals surface area (Å²) in [7, 11) is -1.87. The van der Waals surface area contributed by atoms with Crippen molar-refractivity contribution >= 4 is 103 Å². The fourth-order valence-electron chi connectivity index (χ4n) is 7.96. The zero-order valence-corrected chi connectivity index (χ0v) is 73.2. The summed E-state index contributed by atoms with van der Waals surface area (Å²) in [5, 5.41) is 114. The molecule has 29 nitrogen and oxygen atoms in total. The molecule has 2 amide bonds. The van der Waals surface area contributed by atoms with Gasteiger partial charge in [0, 0.05) is 12.7 Å². The number of pyridine rings is 4. The fraction of sp³-hybridized carbons (Fsp3) is 0.123. The largest absolute Gasteiger partial charge is 1.00 e. The number of alkyl halides is 10. The number of nitrogens with zero attached hydrogens (tertiary/aromatic N) is 7. The molecule has 4 aromatic heterocycles. The monoisotopic (exact) mass is 1930 g/mol. The summed E-state index contributed by atoms with van der Waals surface area (Å²) < 4.78 is 158. The number of aromatic nitrogens is 4. The van der Waals surface area contributed by atoms with E-state index in [9.17, 15) is 77.7 Å². The standard InChI is InChI=1S/C21H14F3N3O3.C14H9BF3NO3.C8H8BrNO3.C8H3F4N.C7H7BrN2O2.C6H7BO3.C6H4BrNO.CH3F.CH2O3.CH4O.2K.H3N.H/c22-21(23,24)16-9-8-15(10-13(16)11-25)30-14-6-4-12(5-7-14)17-2-1-3-18(27-17)19(28)20(26)29;16-14(17,18)13-6-5-12(7-9(13)8-19)22-11-3-1-10(2-4-11)15(20)21;1-13-8(12)7(11)5-3-2-4-6(9)10-5;9-6-1-2-7(8(10,11)12)5(3-6)4-13;8-5-3-1-2-4(10-5)6(11)7(9)12;8-6-3-1-5(2-4-6)7(9)10;7-6-3-1-2-5(4-9)8-6;1-2;2-1-4-3;1-2;;;;/h1-10,19,28H,(H2,26,29);1-7,20-21H;2-4,7,11H,1H3;1-3H;1-3,6,11H,(H2,9,12);1-4,8-10H;1-4H;1H3;1,3H;2H,1H3;;;1H3;/q;;;;;;;;;;2*+1;;-1/p-1/i;;;;;;;1D;;;;;;. The van der Waals surface area contributed by atoms with E-state index < -0.39 is 115 Å². The minimum Gasteiger partial charge on any atom is -1.00 e. The summed E-state index contributed by atoms with van der Waals surface area (Å²) in [4.78, 5) is 69.7. The number of carbonyl (C=O) groups is 5. The number of phenols is 1. The first-order valence-electron chi connectivity index (χ1n) is 31.9. The zero-order chi connectivity index (χ0) is 89.6. The number of amides is 2. The zero-order valence-electron chi connectivity index (χ0n) is 64.2. The summed E-state index contributed by atoms with van der Waals surface area (Å²) in [6.07, 6.45) is -17.3. The van der Waals surface area contributed by atoms with Crippen LogP contribution in [0.4, 0.5) is 48.3 Å². The number of aliphatic hydroxyl groups is 4. The van der Waals surface area contributed by atoms with Gasteiger partial charge in [0.05, 0.1) is 90.0 Å². The summed E-state index contributed by atoms with van der Waals surface area (Å²) in [5.74, 6) is -2.42. The number of aliphatic hydroxyl groups excluding tert-OH is 4. The quantitative estimate of drug-likeness (QED) is 0.0132. The van der Waals surface area contributed by atoms with Crippen LogP contribution < -0.4 is 146 Å². The normalized spacial score (nSPS) is 10.6. The molecule has 3 unspecified atom stereocenters. The van der Waals surface area contributed by atoms with Crippen molar-refractivity contribution in [1.82, 2.24) is 26.1 Å². The Morgan fingerprint density at radius 1 is 0.533 bits per heavy atom. The number of aromatic hydroxyl groups is 1. The van der Waals surface area contributed by atoms with Crippen LogP contribution in [0.3, 0.4) is 0 Å². The second-order valence-electron chi connectivity index (χ2n) is 21.0. The molecule has 10 aromatic rings. The van der Waals surface area contributed by atoms with Crippen molar-refractivity contribution in [3.63, 3.8) is 0 Å². The molecule has 0 bridgehead atoms. The van der Waals surface area contributed by atoms with E-state index in [4.69, 9.17) is 83.6 Å². The third-order valence-corrected chi connectivity index (χ3v) is 14.5. The molecule has 626 valence electrons. The van der Waals surface area contributed by atoms with Crippen molar-refractivity contribution < 1.29 is 248 Å². The molecular weight excluding hydrogens is 1870 g/mol. The predicted molar refractivity (Wildman–Crippen MR) is 407 cm³/mol. The Balaban J connectivity index is -0.000000676. The maximum atomic E-state index is 12.9. The van der Waals surface area contributed by atoms with E-state index in [0.29, 0.717) is 66.5 Å². The number of phenolic OH excluding ortho intramolecular Hbond substituents is 1. The molecule has 0 spiro atoms. The van der Waals surface area contributed by atoms with E-state index in [1.165, 1.54) is 86.0 Å². The molecule has 6 aromatic carbocycles. The van der Waals surface area contributed by atoms with Crippen LogP contribution in [0.25, 0.3) is 11.3 Å². The van der Waals surface area contributed by atoms with E-state index >= 15 is 0 Å². The van der Waals surface area contributed by atoms with Gasteiger partial charge < -0.3 is 89.0 Å². The van der Waals surface area contributed by atoms with Crippen LogP contribution in [0.15, 0.2) is 214 Å². The number of aldehydes is 1. The maximum Gasteiger partial charge on any atom is 1.00 e. The van der Waals surface area contributed by atoms with E-state index in [-0.39, 0.29) is 162 Å². The van der Waals surface area contributed by atoms with Crippen LogP contribution in [0.2, 0.25) is 0 Å². The molecule has 120 heavy (non-hydrogen) atoms. The Morgan fingerprint density at radius 2 is 0.858 bits per heavy atom. The SMILES string of the molecule is CO.COC(=O)C(O)c1cccc(Br)n1.N.N#Cc1cc(F)ccc1C(F)(F)F.N#Cc1cc(Oc2ccc(-c3cccc(C(O)C(N)=O)n3)cc2)ccc1C(F)(F)F.N#Cc1cc(Oc2ccc(B(O)O)cc2)ccc1C(F)(F)F.NC(=O)C(O)c1cccc(Br)n1.O=CO[O-].O=Cc1cccc(Br)n1.OB(O)c1ccc(O)cc1.[2H]CF.[H-].[K+].[K+]. The van der Waals surface area contributed by atoms with Gasteiger partial charge in [-0.3, -0.25) is 23.6 Å². The van der Waals surface area contributed by atoms with Crippen molar-refractivity contribution in [2.45, 2.75) is 36.8 Å². The molecule has 4 heterocycles. The molecule has 3 atom stereocenters. The number of hydrogen-bond donors (Lipinski definition) is 12. The average Bonchev–Trinajstić information content (AvgIpc) is 0.829. The Hall–Kier alpha value is -8.99. The van der Waals surface area contributed by atoms with Crippen LogP contribution >= 0.6 is 47.8 Å². The van der Waals surface area contributed by atoms with Gasteiger partial charge >= 0.3 is 142 Å². The van der Waals surface area contributed by atoms with E-state index in [2.05, 4.69) is 77.4 Å². The van der Waals surface area contributed by atoms with Gasteiger partial charge in [0.25, 0.3) is 18.3 Å². The summed E-state index contributed by atoms with van der Waals surface area (Å²) >= 11 is 9.37. The van der Waals surface area contributed by atoms with E-state index in [0.717, 1.165) is 43.5 Å². The number of primary amides is 2. The number of carbonyl (C=O) groups excluding carboxylic acids is 5. The van der Waals surface area contributed by atoms with Crippen molar-refractivity contribution in [1.29, 1.82) is 15.8 Å². The van der Waals surface area contributed by atoms with Gasteiger partial charge in [-0.15, -0.1) is 0 Å². The molecule has 0 radical (unpaired) electrons. The van der Waals surface area contributed by atoms with E-state index in [1.807, 2.05) is 0 Å². The maximum absolute atomic E-state index is 12.9. The van der Waals surface area contributed by atoms with Gasteiger partial charge in [-0.25, -0.2) is 29.1 Å². The number of methoxy groups -OCH3 is 1. The van der Waals surface area contributed by atoms with Gasteiger partial charge in [0.1, 0.15) is 54.1 Å². The summed E-state index contributed by atoms with van der Waals surface area (Å²) in [6.45, 7) is -0.181. The second-order valence-corrected chi connectivity index (χ2v) is 23.5. The molecule has 10 rings (SSSR count). The summed E-state index contributed by atoms with van der Waals surface area (Å²) in [6, 6.07) is 49.4. The van der Waals surface area contributed by atoms with Crippen LogP contribution in [-0.2, 0) is 47.3 Å². The van der Waals surface area contributed by atoms with Crippen molar-refractivity contribution in [3.05, 3.63) is 276 Å². The number of hydrogen-bond acceptors (Lipinski definition) is 27. The Bertz CT molecular complexity index is 5000. The van der Waals surface area contributed by atoms with Gasteiger partial charge in [0.15, 0.2) is 24.6 Å². The molecule has 0 aliphatic carbocycles. The number of halogens is 14. The number of nitrogens with two attached hydrogens (primary N) is 2. The number of rotatable bonds is 15. The van der Waals surface area contributed by atoms with Crippen molar-refractivity contribution in [2.75, 3.05) is 21.4 Å². The van der Waals surface area contributed by atoms with Crippen molar-refractivity contribution in [2.24, 2.45) is 11.5 Å². The third kappa shape index (κ3) is 42.5. The molecule has 0 aliphatic heterocycles. The minimum absolute atomic E-state index is 0. The Labute approximate surface area is 788 Å². The first-order chi connectivity index (χ1) is 55.5. The molecule has 0 aliphatic rings. The van der Waals surface area contributed by atoms with Crippen molar-refractivity contribution in [3.8, 4) is 58.2 Å². The van der Waals surface area contributed by atoms with Crippen LogP contribution in [-0.4, -0.2) is 132 Å². The van der Waals surface area contributed by atoms with Crippen LogP contribution in [0, 0.1) is 39.8 Å². The Morgan fingerprint density at radius 3 is 1.18 bits per heavy atom. The van der Waals surface area contributed by atoms with Gasteiger partial charge in [0.2, 0.25) is 0 Å². The number of ether oxygens (including phenoxy) is 3. The third-order valence-electron chi connectivity index (χ3n) is 13.2. The van der Waals surface area contributed by atoms with Crippen LogP contribution in [0.1, 0.15) is 82.1 Å². The van der Waals surface area contributed by atoms with E-state index in [1.54, 1.807) is 84.9 Å². The molecule has 0 saturated heterocycles. The van der Waals surface area contributed by atoms with Crippen LogP contribution in [0.5, 0.6) is 28.7 Å².